The summed E-state index contributed by atoms with van der Waals surface area (Å²) in [7, 11) is 1.53. The second kappa shape index (κ2) is 6.52. The van der Waals surface area contributed by atoms with E-state index in [1.165, 1.54) is 7.11 Å². The van der Waals surface area contributed by atoms with Crippen LogP contribution >= 0.6 is 0 Å². The predicted octanol–water partition coefficient (Wildman–Crippen LogP) is 1.47. The third-order valence-electron chi connectivity index (χ3n) is 3.60. The molecule has 1 saturated carbocycles. The fourth-order valence-electron chi connectivity index (χ4n) is 2.65. The highest BCUT2D eigenvalue weighted by atomic mass is 16.5. The smallest absolute Gasteiger partial charge is 0.258 e. The molecule has 1 aromatic heterocycles. The summed E-state index contributed by atoms with van der Waals surface area (Å²) in [5, 5.41) is 9.18. The molecule has 0 spiro atoms. The van der Waals surface area contributed by atoms with Gasteiger partial charge in [-0.1, -0.05) is 12.8 Å². The van der Waals surface area contributed by atoms with Crippen LogP contribution in [0.2, 0.25) is 0 Å². The fourth-order valence-corrected chi connectivity index (χ4v) is 2.65. The van der Waals surface area contributed by atoms with Gasteiger partial charge in [-0.05, 0) is 18.9 Å². The molecule has 19 heavy (non-hydrogen) atoms. The van der Waals surface area contributed by atoms with E-state index in [0.29, 0.717) is 17.9 Å². The van der Waals surface area contributed by atoms with E-state index in [-0.39, 0.29) is 18.6 Å². The van der Waals surface area contributed by atoms with Crippen LogP contribution in [0.15, 0.2) is 18.5 Å². The largest absolute Gasteiger partial charge is 0.494 e. The van der Waals surface area contributed by atoms with Crippen molar-refractivity contribution in [2.45, 2.75) is 31.7 Å². The van der Waals surface area contributed by atoms with Gasteiger partial charge in [0, 0.05) is 18.8 Å². The Morgan fingerprint density at radius 2 is 2.26 bits per heavy atom. The fraction of sp³-hybridized carbons (Fsp3) is 0.571. The van der Waals surface area contributed by atoms with Gasteiger partial charge >= 0.3 is 0 Å². The highest BCUT2D eigenvalue weighted by molar-refractivity contribution is 5.97. The summed E-state index contributed by atoms with van der Waals surface area (Å²) in [6.45, 7) is 0.352. The lowest BCUT2D eigenvalue weighted by Crippen LogP contribution is -2.40. The minimum Gasteiger partial charge on any atom is -0.494 e. The zero-order valence-corrected chi connectivity index (χ0v) is 11.2. The molecule has 0 atom stereocenters. The molecule has 0 aromatic carbocycles. The third kappa shape index (κ3) is 3.04. The van der Waals surface area contributed by atoms with E-state index in [4.69, 9.17) is 4.74 Å². The van der Waals surface area contributed by atoms with Gasteiger partial charge in [-0.3, -0.25) is 9.78 Å². The van der Waals surface area contributed by atoms with Crippen LogP contribution in [0.5, 0.6) is 5.75 Å². The maximum absolute atomic E-state index is 12.6. The van der Waals surface area contributed by atoms with Gasteiger partial charge in [0.1, 0.15) is 5.75 Å². The summed E-state index contributed by atoms with van der Waals surface area (Å²) in [6, 6.07) is 1.90. The van der Waals surface area contributed by atoms with Crippen LogP contribution in [0.1, 0.15) is 36.0 Å². The van der Waals surface area contributed by atoms with Gasteiger partial charge in [0.2, 0.25) is 0 Å². The molecule has 0 bridgehead atoms. The molecular weight excluding hydrogens is 244 g/mol. The third-order valence-corrected chi connectivity index (χ3v) is 3.60. The van der Waals surface area contributed by atoms with Crippen molar-refractivity contribution in [1.29, 1.82) is 0 Å². The molecule has 0 unspecified atom stereocenters. The molecule has 0 saturated heterocycles. The van der Waals surface area contributed by atoms with Crippen LogP contribution in [0.3, 0.4) is 0 Å². The molecule has 1 aliphatic rings. The van der Waals surface area contributed by atoms with Crippen molar-refractivity contribution < 1.29 is 14.6 Å². The SMILES string of the molecule is COc1cnccc1C(=O)N(CCO)C1CCCC1. The lowest BCUT2D eigenvalue weighted by molar-refractivity contribution is 0.0634. The first kappa shape index (κ1) is 13.8. The average Bonchev–Trinajstić information content (AvgIpc) is 2.98. The molecule has 2 rings (SSSR count). The van der Waals surface area contributed by atoms with Gasteiger partial charge in [-0.2, -0.15) is 0 Å². The predicted molar refractivity (Wildman–Crippen MR) is 71.2 cm³/mol. The van der Waals surface area contributed by atoms with Crippen molar-refractivity contribution in [3.05, 3.63) is 24.0 Å². The Bertz CT molecular complexity index is 430. The molecule has 1 fully saturated rings. The highest BCUT2D eigenvalue weighted by Crippen LogP contribution is 2.26. The first-order valence-corrected chi connectivity index (χ1v) is 6.67. The lowest BCUT2D eigenvalue weighted by Gasteiger charge is -2.28. The minimum atomic E-state index is -0.0831. The topological polar surface area (TPSA) is 62.7 Å². The van der Waals surface area contributed by atoms with E-state index < -0.39 is 0 Å². The van der Waals surface area contributed by atoms with Crippen LogP contribution in [0, 0.1) is 0 Å². The standard InChI is InChI=1S/C14H20N2O3/c1-19-13-10-15-7-6-12(13)14(18)16(8-9-17)11-4-2-3-5-11/h6-7,10-11,17H,2-5,8-9H2,1H3. The molecule has 0 aliphatic heterocycles. The van der Waals surface area contributed by atoms with Crippen LogP contribution in [0.25, 0.3) is 0 Å². The van der Waals surface area contributed by atoms with E-state index >= 15 is 0 Å². The molecule has 5 heteroatoms. The number of hydrogen-bond donors (Lipinski definition) is 1. The number of hydrogen-bond acceptors (Lipinski definition) is 4. The number of nitrogens with zero attached hydrogens (tertiary/aromatic N) is 2. The zero-order chi connectivity index (χ0) is 13.7. The van der Waals surface area contributed by atoms with Crippen molar-refractivity contribution in [1.82, 2.24) is 9.88 Å². The number of aromatic nitrogens is 1. The zero-order valence-electron chi connectivity index (χ0n) is 11.2. The summed E-state index contributed by atoms with van der Waals surface area (Å²) >= 11 is 0. The maximum Gasteiger partial charge on any atom is 0.258 e. The van der Waals surface area contributed by atoms with Crippen molar-refractivity contribution >= 4 is 5.91 Å². The van der Waals surface area contributed by atoms with Crippen molar-refractivity contribution in [3.8, 4) is 5.75 Å². The van der Waals surface area contributed by atoms with E-state index in [1.54, 1.807) is 23.4 Å². The molecule has 1 aliphatic carbocycles. The number of carbonyl (C=O) groups is 1. The van der Waals surface area contributed by atoms with Gasteiger partial charge in [0.15, 0.2) is 0 Å². The Kier molecular flexibility index (Phi) is 4.74. The summed E-state index contributed by atoms with van der Waals surface area (Å²) < 4.78 is 5.18. The lowest BCUT2D eigenvalue weighted by atomic mass is 10.1. The second-order valence-corrected chi connectivity index (χ2v) is 4.74. The Morgan fingerprint density at radius 3 is 2.89 bits per heavy atom. The van der Waals surface area contributed by atoms with Crippen LogP contribution in [-0.2, 0) is 0 Å². The minimum absolute atomic E-state index is 0.0182. The molecule has 1 N–H and O–H groups in total. The quantitative estimate of drug-likeness (QED) is 0.874. The van der Waals surface area contributed by atoms with Gasteiger partial charge in [0.25, 0.3) is 5.91 Å². The monoisotopic (exact) mass is 264 g/mol. The van der Waals surface area contributed by atoms with Gasteiger partial charge in [-0.15, -0.1) is 0 Å². The van der Waals surface area contributed by atoms with Gasteiger partial charge < -0.3 is 14.7 Å². The van der Waals surface area contributed by atoms with Crippen LogP contribution in [0.4, 0.5) is 0 Å². The number of methoxy groups -OCH3 is 1. The van der Waals surface area contributed by atoms with Crippen molar-refractivity contribution in [3.63, 3.8) is 0 Å². The normalized spacial score (nSPS) is 15.5. The summed E-state index contributed by atoms with van der Waals surface area (Å²) in [4.78, 5) is 18.3. The number of ether oxygens (including phenoxy) is 1. The van der Waals surface area contributed by atoms with E-state index in [0.717, 1.165) is 25.7 Å². The maximum atomic E-state index is 12.6. The van der Waals surface area contributed by atoms with E-state index in [1.807, 2.05) is 0 Å². The number of carbonyl (C=O) groups excluding carboxylic acids is 1. The number of aliphatic hydroxyl groups is 1. The van der Waals surface area contributed by atoms with Gasteiger partial charge in [-0.25, -0.2) is 0 Å². The first-order valence-electron chi connectivity index (χ1n) is 6.67. The number of pyridine rings is 1. The van der Waals surface area contributed by atoms with Gasteiger partial charge in [0.05, 0.1) is 25.5 Å². The summed E-state index contributed by atoms with van der Waals surface area (Å²) in [6.07, 6.45) is 7.44. The molecule has 104 valence electrons. The Morgan fingerprint density at radius 1 is 1.53 bits per heavy atom. The van der Waals surface area contributed by atoms with E-state index in [9.17, 15) is 9.90 Å². The molecule has 0 radical (unpaired) electrons. The van der Waals surface area contributed by atoms with Crippen LogP contribution < -0.4 is 4.74 Å². The first-order chi connectivity index (χ1) is 9.27. The van der Waals surface area contributed by atoms with Crippen LogP contribution in [-0.4, -0.2) is 47.2 Å². The Balaban J connectivity index is 2.22. The summed E-state index contributed by atoms with van der Waals surface area (Å²) in [5.74, 6) is 0.397. The molecule has 1 heterocycles. The van der Waals surface area contributed by atoms with Crippen molar-refractivity contribution in [2.24, 2.45) is 0 Å². The Hall–Kier alpha value is -1.62. The Labute approximate surface area is 113 Å². The molecule has 1 amide bonds. The molecule has 5 nitrogen and oxygen atoms in total. The number of rotatable bonds is 5. The van der Waals surface area contributed by atoms with E-state index in [2.05, 4.69) is 4.98 Å². The molecule has 1 aromatic rings. The molecular formula is C14H20N2O3. The highest BCUT2D eigenvalue weighted by Gasteiger charge is 2.28. The van der Waals surface area contributed by atoms with Crippen molar-refractivity contribution in [2.75, 3.05) is 20.3 Å². The number of aliphatic hydroxyl groups excluding tert-OH is 1. The second-order valence-electron chi connectivity index (χ2n) is 4.74. The summed E-state index contributed by atoms with van der Waals surface area (Å²) in [5.41, 5.74) is 0.512. The average molecular weight is 264 g/mol. The number of amides is 1.